The first-order chi connectivity index (χ1) is 14.1. The lowest BCUT2D eigenvalue weighted by atomic mass is 10.2. The van der Waals surface area contributed by atoms with E-state index in [4.69, 9.17) is 13.9 Å². The molecule has 1 N–H and O–H groups in total. The first-order valence-corrected chi connectivity index (χ1v) is 9.76. The second kappa shape index (κ2) is 9.74. The number of anilines is 1. The molecule has 3 rings (SSSR count). The normalized spacial score (nSPS) is 10.4. The van der Waals surface area contributed by atoms with Gasteiger partial charge in [0.1, 0.15) is 5.75 Å². The third-order valence-corrected chi connectivity index (χ3v) is 4.57. The minimum absolute atomic E-state index is 0.0905. The van der Waals surface area contributed by atoms with Gasteiger partial charge in [-0.25, -0.2) is 4.79 Å². The van der Waals surface area contributed by atoms with Gasteiger partial charge in [-0.15, -0.1) is 10.2 Å². The van der Waals surface area contributed by atoms with Crippen molar-refractivity contribution < 1.29 is 23.5 Å². The second-order valence-electron chi connectivity index (χ2n) is 5.71. The number of para-hydroxylation sites is 1. The Morgan fingerprint density at radius 3 is 2.59 bits per heavy atom. The van der Waals surface area contributed by atoms with Gasteiger partial charge in [-0.05, 0) is 43.3 Å². The number of esters is 1. The first-order valence-electron chi connectivity index (χ1n) is 8.77. The van der Waals surface area contributed by atoms with Crippen molar-refractivity contribution in [3.63, 3.8) is 0 Å². The molecule has 0 aliphatic rings. The average Bonchev–Trinajstić information content (AvgIpc) is 3.22. The summed E-state index contributed by atoms with van der Waals surface area (Å²) in [6.45, 7) is 2.05. The van der Waals surface area contributed by atoms with Gasteiger partial charge >= 0.3 is 5.97 Å². The zero-order chi connectivity index (χ0) is 20.6. The molecule has 1 heterocycles. The third kappa shape index (κ3) is 5.35. The zero-order valence-electron chi connectivity index (χ0n) is 15.9. The van der Waals surface area contributed by atoms with E-state index in [-0.39, 0.29) is 16.9 Å². The number of rotatable bonds is 8. The predicted octanol–water partition coefficient (Wildman–Crippen LogP) is 3.65. The van der Waals surface area contributed by atoms with E-state index in [1.807, 2.05) is 18.2 Å². The quantitative estimate of drug-likeness (QED) is 0.441. The standard InChI is InChI=1S/C20H19N3O5S/c1-3-27-19(25)13-8-10-14(11-9-13)21-17(24)12-29-20-23-22-18(28-20)15-6-4-5-7-16(15)26-2/h4-11H,3,12H2,1-2H3,(H,21,24). The highest BCUT2D eigenvalue weighted by atomic mass is 32.2. The number of amides is 1. The number of nitrogens with zero attached hydrogens (tertiary/aromatic N) is 2. The SMILES string of the molecule is CCOC(=O)c1ccc(NC(=O)CSc2nnc(-c3ccccc3OC)o2)cc1. The fraction of sp³-hybridized carbons (Fsp3) is 0.200. The van der Waals surface area contributed by atoms with Crippen LogP contribution < -0.4 is 10.1 Å². The molecule has 2 aromatic carbocycles. The highest BCUT2D eigenvalue weighted by Gasteiger charge is 2.14. The molecular weight excluding hydrogens is 394 g/mol. The molecule has 150 valence electrons. The minimum atomic E-state index is -0.400. The Labute approximate surface area is 171 Å². The van der Waals surface area contributed by atoms with Gasteiger partial charge in [0.2, 0.25) is 5.91 Å². The van der Waals surface area contributed by atoms with Gasteiger partial charge in [0, 0.05) is 5.69 Å². The van der Waals surface area contributed by atoms with Crippen molar-refractivity contribution in [3.8, 4) is 17.2 Å². The number of methoxy groups -OCH3 is 1. The summed E-state index contributed by atoms with van der Waals surface area (Å²) < 4.78 is 15.8. The summed E-state index contributed by atoms with van der Waals surface area (Å²) in [6.07, 6.45) is 0. The lowest BCUT2D eigenvalue weighted by Gasteiger charge is -2.06. The molecule has 1 amide bonds. The molecule has 0 atom stereocenters. The van der Waals surface area contributed by atoms with Crippen LogP contribution in [0.5, 0.6) is 5.75 Å². The molecule has 0 spiro atoms. The van der Waals surface area contributed by atoms with Crippen LogP contribution in [0.2, 0.25) is 0 Å². The molecular formula is C20H19N3O5S. The zero-order valence-corrected chi connectivity index (χ0v) is 16.7. The van der Waals surface area contributed by atoms with Crippen molar-refractivity contribution in [2.45, 2.75) is 12.1 Å². The maximum atomic E-state index is 12.2. The molecule has 29 heavy (non-hydrogen) atoms. The Kier molecular flexibility index (Phi) is 6.85. The Morgan fingerprint density at radius 1 is 1.10 bits per heavy atom. The number of ether oxygens (including phenoxy) is 2. The summed E-state index contributed by atoms with van der Waals surface area (Å²) in [5.41, 5.74) is 1.68. The van der Waals surface area contributed by atoms with Crippen molar-refractivity contribution >= 4 is 29.3 Å². The van der Waals surface area contributed by atoms with Crippen LogP contribution in [0.4, 0.5) is 5.69 Å². The number of hydrogen-bond acceptors (Lipinski definition) is 8. The van der Waals surface area contributed by atoms with Gasteiger partial charge in [-0.3, -0.25) is 4.79 Å². The van der Waals surface area contributed by atoms with Crippen LogP contribution in [0, 0.1) is 0 Å². The van der Waals surface area contributed by atoms with E-state index >= 15 is 0 Å². The molecule has 0 saturated carbocycles. The molecule has 0 unspecified atom stereocenters. The largest absolute Gasteiger partial charge is 0.496 e. The molecule has 0 radical (unpaired) electrons. The maximum Gasteiger partial charge on any atom is 0.338 e. The smallest absolute Gasteiger partial charge is 0.338 e. The summed E-state index contributed by atoms with van der Waals surface area (Å²) in [7, 11) is 1.56. The summed E-state index contributed by atoms with van der Waals surface area (Å²) in [5, 5.41) is 11.0. The Bertz CT molecular complexity index is 988. The van der Waals surface area contributed by atoms with Gasteiger partial charge in [-0.1, -0.05) is 23.9 Å². The van der Waals surface area contributed by atoms with Crippen molar-refractivity contribution in [2.24, 2.45) is 0 Å². The van der Waals surface area contributed by atoms with Crippen LogP contribution in [-0.4, -0.2) is 41.5 Å². The molecule has 1 aromatic heterocycles. The van der Waals surface area contributed by atoms with Crippen molar-refractivity contribution in [1.82, 2.24) is 10.2 Å². The van der Waals surface area contributed by atoms with Gasteiger partial charge in [0.25, 0.3) is 11.1 Å². The Hall–Kier alpha value is -3.33. The molecule has 9 heteroatoms. The van der Waals surface area contributed by atoms with Crippen LogP contribution in [-0.2, 0) is 9.53 Å². The first kappa shape index (κ1) is 20.4. The molecule has 0 aliphatic carbocycles. The Balaban J connectivity index is 1.55. The van der Waals surface area contributed by atoms with Crippen LogP contribution in [0.15, 0.2) is 58.2 Å². The van der Waals surface area contributed by atoms with E-state index in [1.54, 1.807) is 44.4 Å². The van der Waals surface area contributed by atoms with Crippen molar-refractivity contribution in [1.29, 1.82) is 0 Å². The number of thioether (sulfide) groups is 1. The van der Waals surface area contributed by atoms with Crippen LogP contribution >= 0.6 is 11.8 Å². The summed E-state index contributed by atoms with van der Waals surface area (Å²) in [4.78, 5) is 23.8. The van der Waals surface area contributed by atoms with Crippen LogP contribution in [0.25, 0.3) is 11.5 Å². The van der Waals surface area contributed by atoms with Crippen molar-refractivity contribution in [2.75, 3.05) is 24.8 Å². The molecule has 3 aromatic rings. The molecule has 8 nitrogen and oxygen atoms in total. The van der Waals surface area contributed by atoms with Gasteiger partial charge < -0.3 is 19.2 Å². The summed E-state index contributed by atoms with van der Waals surface area (Å²) in [6, 6.07) is 13.8. The van der Waals surface area contributed by atoms with Gasteiger partial charge in [0.15, 0.2) is 0 Å². The van der Waals surface area contributed by atoms with Gasteiger partial charge in [0.05, 0.1) is 30.6 Å². The van der Waals surface area contributed by atoms with E-state index < -0.39 is 5.97 Å². The number of carbonyl (C=O) groups is 2. The topological polar surface area (TPSA) is 104 Å². The summed E-state index contributed by atoms with van der Waals surface area (Å²) >= 11 is 1.12. The number of nitrogens with one attached hydrogen (secondary N) is 1. The second-order valence-corrected chi connectivity index (χ2v) is 6.63. The van der Waals surface area contributed by atoms with E-state index in [0.29, 0.717) is 35.1 Å². The fourth-order valence-corrected chi connectivity index (χ4v) is 2.99. The molecule has 0 bridgehead atoms. The molecule has 0 saturated heterocycles. The van der Waals surface area contributed by atoms with Gasteiger partial charge in [-0.2, -0.15) is 0 Å². The van der Waals surface area contributed by atoms with E-state index in [9.17, 15) is 9.59 Å². The number of benzene rings is 2. The lowest BCUT2D eigenvalue weighted by Crippen LogP contribution is -2.14. The highest BCUT2D eigenvalue weighted by Crippen LogP contribution is 2.30. The van der Waals surface area contributed by atoms with E-state index in [0.717, 1.165) is 11.8 Å². The van der Waals surface area contributed by atoms with Crippen LogP contribution in [0.3, 0.4) is 0 Å². The third-order valence-electron chi connectivity index (χ3n) is 3.75. The highest BCUT2D eigenvalue weighted by molar-refractivity contribution is 7.99. The number of aromatic nitrogens is 2. The van der Waals surface area contributed by atoms with Crippen molar-refractivity contribution in [3.05, 3.63) is 54.1 Å². The average molecular weight is 413 g/mol. The van der Waals surface area contributed by atoms with E-state index in [1.165, 1.54) is 0 Å². The van der Waals surface area contributed by atoms with Crippen LogP contribution in [0.1, 0.15) is 17.3 Å². The summed E-state index contributed by atoms with van der Waals surface area (Å²) in [5.74, 6) is 0.392. The maximum absolute atomic E-state index is 12.2. The monoisotopic (exact) mass is 413 g/mol. The Morgan fingerprint density at radius 2 is 1.86 bits per heavy atom. The van der Waals surface area contributed by atoms with E-state index in [2.05, 4.69) is 15.5 Å². The molecule has 0 aliphatic heterocycles. The lowest BCUT2D eigenvalue weighted by molar-refractivity contribution is -0.113. The molecule has 0 fully saturated rings. The predicted molar refractivity (Wildman–Crippen MR) is 108 cm³/mol. The number of hydrogen-bond donors (Lipinski definition) is 1. The fourth-order valence-electron chi connectivity index (χ4n) is 2.43. The minimum Gasteiger partial charge on any atom is -0.496 e. The number of carbonyl (C=O) groups excluding carboxylic acids is 2.